The van der Waals surface area contributed by atoms with Crippen molar-refractivity contribution in [3.8, 4) is 0 Å². The Morgan fingerprint density at radius 3 is 2.78 bits per heavy atom. The van der Waals surface area contributed by atoms with Crippen molar-refractivity contribution in [3.63, 3.8) is 0 Å². The minimum Gasteiger partial charge on any atom is -0.312 e. The normalized spacial score (nSPS) is 28.1. The Kier molecular flexibility index (Phi) is 4.26. The highest BCUT2D eigenvalue weighted by Crippen LogP contribution is 2.33. The quantitative estimate of drug-likeness (QED) is 0.900. The molecule has 3 rings (SSSR count). The van der Waals surface area contributed by atoms with Crippen molar-refractivity contribution in [2.24, 2.45) is 5.92 Å². The van der Waals surface area contributed by atoms with Gasteiger partial charge in [0.15, 0.2) is 0 Å². The van der Waals surface area contributed by atoms with Crippen LogP contribution in [0.3, 0.4) is 0 Å². The molecule has 0 spiro atoms. The van der Waals surface area contributed by atoms with Gasteiger partial charge in [0.2, 0.25) is 0 Å². The molecule has 3 heterocycles. The molecule has 2 atom stereocenters. The lowest BCUT2D eigenvalue weighted by Crippen LogP contribution is -2.33. The van der Waals surface area contributed by atoms with Crippen LogP contribution in [0.1, 0.15) is 6.42 Å². The molecule has 2 aliphatic rings. The van der Waals surface area contributed by atoms with Crippen molar-refractivity contribution < 1.29 is 8.42 Å². The maximum absolute atomic E-state index is 12.3. The average Bonchev–Trinajstić information content (AvgIpc) is 2.89. The summed E-state index contributed by atoms with van der Waals surface area (Å²) in [5.74, 6) is 0.472. The standard InChI is InChI=1S/C10H13ClN2O2S2.ClH/c11-9-1-2-10(16-9)17(14,15)13-5-7-3-4-12-8(7)6-13;/h1-2,7-8,12H,3-6H2;1H/t7-,8+;/m0./s1. The second kappa shape index (κ2) is 5.26. The Morgan fingerprint density at radius 2 is 2.17 bits per heavy atom. The molecule has 2 fully saturated rings. The van der Waals surface area contributed by atoms with Gasteiger partial charge in [-0.2, -0.15) is 4.31 Å². The van der Waals surface area contributed by atoms with Crippen LogP contribution < -0.4 is 5.32 Å². The maximum atomic E-state index is 12.3. The van der Waals surface area contributed by atoms with Gasteiger partial charge in [-0.3, -0.25) is 0 Å². The maximum Gasteiger partial charge on any atom is 0.252 e. The zero-order valence-electron chi connectivity index (χ0n) is 9.50. The molecule has 0 aromatic carbocycles. The number of hydrogen-bond acceptors (Lipinski definition) is 4. The fourth-order valence-electron chi connectivity index (χ4n) is 2.57. The van der Waals surface area contributed by atoms with Gasteiger partial charge in [0, 0.05) is 19.1 Å². The molecule has 0 bridgehead atoms. The second-order valence-corrected chi connectivity index (χ2v) is 8.37. The molecule has 1 aromatic heterocycles. The van der Waals surface area contributed by atoms with Gasteiger partial charge in [-0.25, -0.2) is 8.42 Å². The first-order valence-corrected chi connectivity index (χ1v) is 8.20. The predicted molar refractivity (Wildman–Crippen MR) is 75.2 cm³/mol. The number of nitrogens with one attached hydrogen (secondary N) is 1. The molecule has 4 nitrogen and oxygen atoms in total. The highest BCUT2D eigenvalue weighted by molar-refractivity contribution is 7.91. The third-order valence-electron chi connectivity index (χ3n) is 3.47. The number of nitrogens with zero attached hydrogens (tertiary/aromatic N) is 1. The topological polar surface area (TPSA) is 49.4 Å². The lowest BCUT2D eigenvalue weighted by Gasteiger charge is -2.15. The Morgan fingerprint density at radius 1 is 1.39 bits per heavy atom. The Hall–Kier alpha value is 0.150. The molecule has 1 N–H and O–H groups in total. The van der Waals surface area contributed by atoms with Crippen LogP contribution in [-0.2, 0) is 10.0 Å². The molecule has 2 saturated heterocycles. The van der Waals surface area contributed by atoms with Gasteiger partial charge >= 0.3 is 0 Å². The number of halogens is 2. The number of rotatable bonds is 2. The Labute approximate surface area is 122 Å². The van der Waals surface area contributed by atoms with Gasteiger partial charge in [0.05, 0.1) is 4.34 Å². The number of thiophene rings is 1. The van der Waals surface area contributed by atoms with Crippen molar-refractivity contribution in [1.29, 1.82) is 0 Å². The van der Waals surface area contributed by atoms with Crippen molar-refractivity contribution in [1.82, 2.24) is 9.62 Å². The van der Waals surface area contributed by atoms with E-state index in [1.807, 2.05) is 0 Å². The molecule has 0 unspecified atom stereocenters. The highest BCUT2D eigenvalue weighted by atomic mass is 35.5. The van der Waals surface area contributed by atoms with Gasteiger partial charge in [0.25, 0.3) is 10.0 Å². The summed E-state index contributed by atoms with van der Waals surface area (Å²) in [6.45, 7) is 2.23. The van der Waals surface area contributed by atoms with Crippen molar-refractivity contribution in [2.75, 3.05) is 19.6 Å². The lowest BCUT2D eigenvalue weighted by molar-refractivity contribution is 0.449. The summed E-state index contributed by atoms with van der Waals surface area (Å²) in [5, 5.41) is 3.35. The first-order valence-electron chi connectivity index (χ1n) is 5.56. The minimum atomic E-state index is -3.33. The smallest absolute Gasteiger partial charge is 0.252 e. The van der Waals surface area contributed by atoms with E-state index in [9.17, 15) is 8.42 Å². The van der Waals surface area contributed by atoms with E-state index in [1.165, 1.54) is 0 Å². The summed E-state index contributed by atoms with van der Waals surface area (Å²) in [6, 6.07) is 3.55. The number of sulfonamides is 1. The second-order valence-electron chi connectivity index (χ2n) is 4.49. The molecule has 0 radical (unpaired) electrons. The molecule has 102 valence electrons. The molecular formula is C10H14Cl2N2O2S2. The average molecular weight is 329 g/mol. The Bertz CT molecular complexity index is 520. The van der Waals surface area contributed by atoms with Gasteiger partial charge in [-0.15, -0.1) is 23.7 Å². The fourth-order valence-corrected chi connectivity index (χ4v) is 5.73. The van der Waals surface area contributed by atoms with Gasteiger partial charge < -0.3 is 5.32 Å². The van der Waals surface area contributed by atoms with Gasteiger partial charge in [-0.1, -0.05) is 11.6 Å². The first kappa shape index (κ1) is 14.6. The summed E-state index contributed by atoms with van der Waals surface area (Å²) in [6.07, 6.45) is 1.07. The molecule has 0 amide bonds. The number of hydrogen-bond donors (Lipinski definition) is 1. The van der Waals surface area contributed by atoms with E-state index in [4.69, 9.17) is 11.6 Å². The van der Waals surface area contributed by atoms with Crippen LogP contribution >= 0.6 is 35.3 Å². The SMILES string of the molecule is Cl.O=S(=O)(c1ccc(Cl)s1)N1C[C@@H]2CCN[C@@H]2C1. The highest BCUT2D eigenvalue weighted by Gasteiger charge is 2.41. The summed E-state index contributed by atoms with van der Waals surface area (Å²) in [5.41, 5.74) is 0. The third kappa shape index (κ3) is 2.42. The van der Waals surface area contributed by atoms with Gasteiger partial charge in [-0.05, 0) is 31.0 Å². The van der Waals surface area contributed by atoms with E-state index in [2.05, 4.69) is 5.32 Å². The van der Waals surface area contributed by atoms with Crippen LogP contribution in [0.2, 0.25) is 4.34 Å². The first-order chi connectivity index (χ1) is 8.07. The summed E-state index contributed by atoms with van der Waals surface area (Å²) >= 11 is 6.92. The fraction of sp³-hybridized carbons (Fsp3) is 0.600. The largest absolute Gasteiger partial charge is 0.312 e. The van der Waals surface area contributed by atoms with Crippen molar-refractivity contribution in [3.05, 3.63) is 16.5 Å². The van der Waals surface area contributed by atoms with Crippen LogP contribution in [0, 0.1) is 5.92 Å². The van der Waals surface area contributed by atoms with Crippen LogP contribution in [0.5, 0.6) is 0 Å². The summed E-state index contributed by atoms with van der Waals surface area (Å²) < 4.78 is 27.1. The molecular weight excluding hydrogens is 315 g/mol. The predicted octanol–water partition coefficient (Wildman–Crippen LogP) is 1.81. The van der Waals surface area contributed by atoms with E-state index >= 15 is 0 Å². The third-order valence-corrected chi connectivity index (χ3v) is 7.00. The zero-order chi connectivity index (χ0) is 12.0. The van der Waals surface area contributed by atoms with Crippen molar-refractivity contribution >= 4 is 45.4 Å². The summed E-state index contributed by atoms with van der Waals surface area (Å²) in [4.78, 5) is 0. The van der Waals surface area contributed by atoms with Crippen LogP contribution in [0.15, 0.2) is 16.3 Å². The van der Waals surface area contributed by atoms with E-state index in [-0.39, 0.29) is 12.4 Å². The minimum absolute atomic E-state index is 0. The van der Waals surface area contributed by atoms with Gasteiger partial charge in [0.1, 0.15) is 4.21 Å². The Balaban J connectivity index is 0.00000120. The molecule has 1 aromatic rings. The lowest BCUT2D eigenvalue weighted by atomic mass is 10.1. The monoisotopic (exact) mass is 328 g/mol. The van der Waals surface area contributed by atoms with Crippen molar-refractivity contribution in [2.45, 2.75) is 16.7 Å². The molecule has 2 aliphatic heterocycles. The number of fused-ring (bicyclic) bond motifs is 1. The van der Waals surface area contributed by atoms with E-state index in [0.717, 1.165) is 24.3 Å². The zero-order valence-corrected chi connectivity index (χ0v) is 12.7. The summed E-state index contributed by atoms with van der Waals surface area (Å²) in [7, 11) is -3.33. The van der Waals surface area contributed by atoms with E-state index in [0.29, 0.717) is 33.6 Å². The van der Waals surface area contributed by atoms with Crippen LogP contribution in [-0.4, -0.2) is 38.4 Å². The molecule has 0 saturated carbocycles. The van der Waals surface area contributed by atoms with E-state index in [1.54, 1.807) is 16.4 Å². The molecule has 18 heavy (non-hydrogen) atoms. The van der Waals surface area contributed by atoms with Crippen LogP contribution in [0.4, 0.5) is 0 Å². The molecule has 0 aliphatic carbocycles. The molecule has 8 heteroatoms. The van der Waals surface area contributed by atoms with E-state index < -0.39 is 10.0 Å². The van der Waals surface area contributed by atoms with Crippen LogP contribution in [0.25, 0.3) is 0 Å².